The molecule has 0 radical (unpaired) electrons. The molecule has 0 saturated carbocycles. The van der Waals surface area contributed by atoms with Gasteiger partial charge in [-0.25, -0.2) is 4.98 Å². The van der Waals surface area contributed by atoms with E-state index in [4.69, 9.17) is 10.5 Å². The van der Waals surface area contributed by atoms with Crippen molar-refractivity contribution in [2.45, 2.75) is 32.6 Å². The van der Waals surface area contributed by atoms with Gasteiger partial charge in [0.05, 0.1) is 12.2 Å². The molecule has 1 amide bonds. The van der Waals surface area contributed by atoms with Crippen LogP contribution in [0.25, 0.3) is 0 Å². The lowest BCUT2D eigenvalue weighted by Gasteiger charge is -2.36. The number of aromatic nitrogens is 2. The van der Waals surface area contributed by atoms with Crippen LogP contribution in [-0.4, -0.2) is 41.2 Å². The largest absolute Gasteiger partial charge is 0.381 e. The number of pyridine rings is 2. The molecule has 1 aliphatic heterocycles. The fraction of sp³-hybridized carbons (Fsp3) is 0.389. The Morgan fingerprint density at radius 2 is 2.04 bits per heavy atom. The predicted octanol–water partition coefficient (Wildman–Crippen LogP) is 1.80. The number of anilines is 2. The van der Waals surface area contributed by atoms with Gasteiger partial charge in [0.2, 0.25) is 0 Å². The Balaban J connectivity index is 1.61. The number of rotatable bonds is 5. The minimum absolute atomic E-state index is 0.207. The summed E-state index contributed by atoms with van der Waals surface area (Å²) in [5.74, 6) is 0.425. The molecule has 2 unspecified atom stereocenters. The van der Waals surface area contributed by atoms with Crippen LogP contribution in [0.1, 0.15) is 29.9 Å². The molecule has 0 bridgehead atoms. The summed E-state index contributed by atoms with van der Waals surface area (Å²) in [4.78, 5) is 21.9. The van der Waals surface area contributed by atoms with Gasteiger partial charge in [0.15, 0.2) is 0 Å². The van der Waals surface area contributed by atoms with E-state index in [-0.39, 0.29) is 17.9 Å². The van der Waals surface area contributed by atoms with E-state index in [0.29, 0.717) is 6.54 Å². The van der Waals surface area contributed by atoms with E-state index >= 15 is 0 Å². The Morgan fingerprint density at radius 3 is 2.68 bits per heavy atom. The number of ether oxygens (including phenoxy) is 1. The number of primary amides is 1. The van der Waals surface area contributed by atoms with Crippen molar-refractivity contribution in [2.75, 3.05) is 23.3 Å². The molecule has 7 nitrogen and oxygen atoms in total. The molecule has 3 heterocycles. The molecule has 0 aromatic carbocycles. The quantitative estimate of drug-likeness (QED) is 0.861. The number of morpholine rings is 1. The van der Waals surface area contributed by atoms with Crippen LogP contribution in [0.4, 0.5) is 11.5 Å². The van der Waals surface area contributed by atoms with Gasteiger partial charge in [0.25, 0.3) is 5.91 Å². The maximum absolute atomic E-state index is 11.2. The predicted molar refractivity (Wildman–Crippen MR) is 96.5 cm³/mol. The third-order valence-corrected chi connectivity index (χ3v) is 4.06. The summed E-state index contributed by atoms with van der Waals surface area (Å²) in [6.45, 7) is 6.46. The van der Waals surface area contributed by atoms with Gasteiger partial charge in [-0.05, 0) is 37.6 Å². The Bertz CT molecular complexity index is 725. The minimum atomic E-state index is -0.538. The van der Waals surface area contributed by atoms with Crippen LogP contribution in [0.5, 0.6) is 0 Å². The van der Waals surface area contributed by atoms with Gasteiger partial charge in [-0.1, -0.05) is 6.07 Å². The lowest BCUT2D eigenvalue weighted by atomic mass is 10.2. The highest BCUT2D eigenvalue weighted by Gasteiger charge is 2.22. The molecule has 0 spiro atoms. The standard InChI is InChI=1S/C18H23N5O2/c1-12-10-23(11-13(2)25-12)17-4-3-14(9-22-17)8-21-15-5-6-20-16(7-15)18(19)24/h3-7,9,12-13H,8,10-11H2,1-2H3,(H2,19,24)(H,20,21). The van der Waals surface area contributed by atoms with E-state index in [2.05, 4.69) is 40.1 Å². The van der Waals surface area contributed by atoms with Gasteiger partial charge in [0, 0.05) is 37.7 Å². The van der Waals surface area contributed by atoms with Gasteiger partial charge < -0.3 is 20.7 Å². The third-order valence-electron chi connectivity index (χ3n) is 4.06. The number of hydrogen-bond donors (Lipinski definition) is 2. The number of nitrogens with zero attached hydrogens (tertiary/aromatic N) is 3. The highest BCUT2D eigenvalue weighted by Crippen LogP contribution is 2.19. The first-order valence-electron chi connectivity index (χ1n) is 8.36. The molecule has 3 rings (SSSR count). The number of hydrogen-bond acceptors (Lipinski definition) is 6. The minimum Gasteiger partial charge on any atom is -0.381 e. The summed E-state index contributed by atoms with van der Waals surface area (Å²) < 4.78 is 5.76. The van der Waals surface area contributed by atoms with Crippen molar-refractivity contribution in [2.24, 2.45) is 5.73 Å². The summed E-state index contributed by atoms with van der Waals surface area (Å²) in [5.41, 5.74) is 7.34. The molecule has 7 heteroatoms. The number of carbonyl (C=O) groups is 1. The molecule has 2 atom stereocenters. The highest BCUT2D eigenvalue weighted by atomic mass is 16.5. The van der Waals surface area contributed by atoms with Crippen LogP contribution in [0, 0.1) is 0 Å². The smallest absolute Gasteiger partial charge is 0.267 e. The summed E-state index contributed by atoms with van der Waals surface area (Å²) in [6, 6.07) is 7.52. The van der Waals surface area contributed by atoms with Crippen molar-refractivity contribution in [1.82, 2.24) is 9.97 Å². The second-order valence-electron chi connectivity index (χ2n) is 6.33. The van der Waals surface area contributed by atoms with E-state index in [1.54, 1.807) is 18.3 Å². The monoisotopic (exact) mass is 341 g/mol. The van der Waals surface area contributed by atoms with E-state index in [1.807, 2.05) is 12.3 Å². The van der Waals surface area contributed by atoms with Gasteiger partial charge in [-0.3, -0.25) is 9.78 Å². The highest BCUT2D eigenvalue weighted by molar-refractivity contribution is 5.91. The van der Waals surface area contributed by atoms with Crippen LogP contribution in [-0.2, 0) is 11.3 Å². The molecule has 1 aliphatic rings. The zero-order valence-electron chi connectivity index (χ0n) is 14.5. The average Bonchev–Trinajstić information content (AvgIpc) is 2.60. The van der Waals surface area contributed by atoms with E-state index < -0.39 is 5.91 Å². The zero-order valence-corrected chi connectivity index (χ0v) is 14.5. The number of nitrogens with two attached hydrogens (primary N) is 1. The zero-order chi connectivity index (χ0) is 17.8. The Morgan fingerprint density at radius 1 is 1.28 bits per heavy atom. The van der Waals surface area contributed by atoms with Crippen LogP contribution >= 0.6 is 0 Å². The van der Waals surface area contributed by atoms with Crippen LogP contribution in [0.15, 0.2) is 36.7 Å². The van der Waals surface area contributed by atoms with Crippen molar-refractivity contribution in [1.29, 1.82) is 0 Å². The number of amides is 1. The second-order valence-corrected chi connectivity index (χ2v) is 6.33. The maximum atomic E-state index is 11.2. The van der Waals surface area contributed by atoms with Crippen molar-refractivity contribution < 1.29 is 9.53 Å². The molecule has 25 heavy (non-hydrogen) atoms. The van der Waals surface area contributed by atoms with E-state index in [9.17, 15) is 4.79 Å². The first-order chi connectivity index (χ1) is 12.0. The lowest BCUT2D eigenvalue weighted by molar-refractivity contribution is -0.00546. The molecular formula is C18H23N5O2. The van der Waals surface area contributed by atoms with Crippen molar-refractivity contribution in [3.63, 3.8) is 0 Å². The first kappa shape index (κ1) is 17.2. The molecule has 1 fully saturated rings. The molecule has 1 saturated heterocycles. The molecule has 0 aliphatic carbocycles. The van der Waals surface area contributed by atoms with Crippen LogP contribution < -0.4 is 16.0 Å². The van der Waals surface area contributed by atoms with Crippen LogP contribution in [0.3, 0.4) is 0 Å². The molecule has 3 N–H and O–H groups in total. The summed E-state index contributed by atoms with van der Waals surface area (Å²) >= 11 is 0. The Labute approximate surface area is 147 Å². The lowest BCUT2D eigenvalue weighted by Crippen LogP contribution is -2.45. The second kappa shape index (κ2) is 7.48. The summed E-state index contributed by atoms with van der Waals surface area (Å²) in [5, 5.41) is 3.25. The Hall–Kier alpha value is -2.67. The van der Waals surface area contributed by atoms with E-state index in [1.165, 1.54) is 0 Å². The van der Waals surface area contributed by atoms with Crippen molar-refractivity contribution >= 4 is 17.4 Å². The molecular weight excluding hydrogens is 318 g/mol. The maximum Gasteiger partial charge on any atom is 0.267 e. The van der Waals surface area contributed by atoms with Crippen molar-refractivity contribution in [3.05, 3.63) is 47.9 Å². The number of carbonyl (C=O) groups excluding carboxylic acids is 1. The van der Waals surface area contributed by atoms with Gasteiger partial charge >= 0.3 is 0 Å². The third kappa shape index (κ3) is 4.45. The summed E-state index contributed by atoms with van der Waals surface area (Å²) in [6.07, 6.45) is 3.84. The molecule has 2 aromatic heterocycles. The number of nitrogens with one attached hydrogen (secondary N) is 1. The fourth-order valence-electron chi connectivity index (χ4n) is 2.95. The van der Waals surface area contributed by atoms with Gasteiger partial charge in [-0.2, -0.15) is 0 Å². The molecule has 2 aromatic rings. The first-order valence-corrected chi connectivity index (χ1v) is 8.36. The van der Waals surface area contributed by atoms with E-state index in [0.717, 1.165) is 30.2 Å². The van der Waals surface area contributed by atoms with Crippen LogP contribution in [0.2, 0.25) is 0 Å². The topological polar surface area (TPSA) is 93.4 Å². The van der Waals surface area contributed by atoms with Gasteiger partial charge in [0.1, 0.15) is 11.5 Å². The normalized spacial score (nSPS) is 20.3. The Kier molecular flexibility index (Phi) is 5.14. The SMILES string of the molecule is CC1CN(c2ccc(CNc3ccnc(C(N)=O)c3)cn2)CC(C)O1. The summed E-state index contributed by atoms with van der Waals surface area (Å²) in [7, 11) is 0. The molecule has 132 valence electrons. The van der Waals surface area contributed by atoms with Gasteiger partial charge in [-0.15, -0.1) is 0 Å². The average molecular weight is 341 g/mol. The van der Waals surface area contributed by atoms with Crippen molar-refractivity contribution in [3.8, 4) is 0 Å². The fourth-order valence-corrected chi connectivity index (χ4v) is 2.95.